The highest BCUT2D eigenvalue weighted by Crippen LogP contribution is 2.34. The van der Waals surface area contributed by atoms with Crippen LogP contribution in [0.1, 0.15) is 13.3 Å². The van der Waals surface area contributed by atoms with Crippen LogP contribution in [-0.2, 0) is 4.79 Å². The van der Waals surface area contributed by atoms with Crippen LogP contribution >= 0.6 is 0 Å². The van der Waals surface area contributed by atoms with Crippen LogP contribution in [0.5, 0.6) is 11.5 Å². The number of ether oxygens (including phenoxy) is 2. The first-order chi connectivity index (χ1) is 8.72. The number of hydrogen-bond donors (Lipinski definition) is 1. The Morgan fingerprint density at radius 3 is 2.72 bits per heavy atom. The van der Waals surface area contributed by atoms with Crippen molar-refractivity contribution >= 4 is 11.6 Å². The van der Waals surface area contributed by atoms with Gasteiger partial charge in [0, 0.05) is 25.2 Å². The highest BCUT2D eigenvalue weighted by atomic mass is 16.6. The molecule has 2 N–H and O–H groups in total. The molecule has 5 heteroatoms. The van der Waals surface area contributed by atoms with Crippen molar-refractivity contribution in [1.29, 1.82) is 0 Å². The molecule has 98 valence electrons. The van der Waals surface area contributed by atoms with Crippen LogP contribution in [0, 0.1) is 0 Å². The van der Waals surface area contributed by atoms with Gasteiger partial charge in [-0.1, -0.05) is 0 Å². The Labute approximate surface area is 106 Å². The van der Waals surface area contributed by atoms with Gasteiger partial charge in [-0.25, -0.2) is 0 Å². The molecule has 1 aliphatic rings. The zero-order valence-electron chi connectivity index (χ0n) is 10.5. The Balaban J connectivity index is 2.22. The summed E-state index contributed by atoms with van der Waals surface area (Å²) in [5.41, 5.74) is 6.30. The Kier molecular flexibility index (Phi) is 4.04. The standard InChI is InChI=1S/C13H18N2O3/c1-10(16)15(6-2-5-14)11-3-4-12-13(9-11)18-8-7-17-12/h3-4,9H,2,5-8,14H2,1H3. The normalized spacial score (nSPS) is 13.2. The first-order valence-corrected chi connectivity index (χ1v) is 6.10. The van der Waals surface area contributed by atoms with Crippen molar-refractivity contribution in [2.45, 2.75) is 13.3 Å². The molecular weight excluding hydrogens is 232 g/mol. The molecule has 1 aromatic carbocycles. The third kappa shape index (κ3) is 2.73. The number of carbonyl (C=O) groups excluding carboxylic acids is 1. The molecular formula is C13H18N2O3. The first kappa shape index (κ1) is 12.7. The number of benzene rings is 1. The average Bonchev–Trinajstić information content (AvgIpc) is 2.38. The summed E-state index contributed by atoms with van der Waals surface area (Å²) >= 11 is 0. The Hall–Kier alpha value is -1.75. The van der Waals surface area contributed by atoms with Crippen LogP contribution in [0.4, 0.5) is 5.69 Å². The first-order valence-electron chi connectivity index (χ1n) is 6.10. The molecule has 0 aliphatic carbocycles. The lowest BCUT2D eigenvalue weighted by atomic mass is 10.2. The molecule has 0 spiro atoms. The van der Waals surface area contributed by atoms with E-state index in [4.69, 9.17) is 15.2 Å². The molecule has 1 aliphatic heterocycles. The fourth-order valence-electron chi connectivity index (χ4n) is 1.92. The fraction of sp³-hybridized carbons (Fsp3) is 0.462. The van der Waals surface area contributed by atoms with Crippen LogP contribution < -0.4 is 20.1 Å². The van der Waals surface area contributed by atoms with Crippen LogP contribution in [0.25, 0.3) is 0 Å². The molecule has 1 heterocycles. The summed E-state index contributed by atoms with van der Waals surface area (Å²) in [5.74, 6) is 1.42. The van der Waals surface area contributed by atoms with E-state index in [0.717, 1.165) is 17.9 Å². The molecule has 0 unspecified atom stereocenters. The van der Waals surface area contributed by atoms with E-state index in [1.807, 2.05) is 18.2 Å². The molecule has 0 fully saturated rings. The van der Waals surface area contributed by atoms with Crippen molar-refractivity contribution in [3.63, 3.8) is 0 Å². The van der Waals surface area contributed by atoms with Crippen molar-refractivity contribution in [2.24, 2.45) is 5.73 Å². The van der Waals surface area contributed by atoms with E-state index in [2.05, 4.69) is 0 Å². The largest absolute Gasteiger partial charge is 0.486 e. The lowest BCUT2D eigenvalue weighted by molar-refractivity contribution is -0.116. The third-order valence-electron chi connectivity index (χ3n) is 2.80. The topological polar surface area (TPSA) is 64.8 Å². The molecule has 18 heavy (non-hydrogen) atoms. The fourth-order valence-corrected chi connectivity index (χ4v) is 1.92. The molecule has 0 radical (unpaired) electrons. The minimum absolute atomic E-state index is 0.000118. The van der Waals surface area contributed by atoms with Crippen molar-refractivity contribution in [2.75, 3.05) is 31.2 Å². The molecule has 5 nitrogen and oxygen atoms in total. The van der Waals surface area contributed by atoms with E-state index in [1.54, 1.807) is 11.8 Å². The summed E-state index contributed by atoms with van der Waals surface area (Å²) in [7, 11) is 0. The van der Waals surface area contributed by atoms with Gasteiger partial charge in [-0.2, -0.15) is 0 Å². The van der Waals surface area contributed by atoms with Crippen LogP contribution in [0.3, 0.4) is 0 Å². The summed E-state index contributed by atoms with van der Waals surface area (Å²) in [6.45, 7) is 3.84. The van der Waals surface area contributed by atoms with Crippen molar-refractivity contribution in [1.82, 2.24) is 0 Å². The predicted molar refractivity (Wildman–Crippen MR) is 69.1 cm³/mol. The Bertz CT molecular complexity index is 434. The number of rotatable bonds is 4. The lowest BCUT2D eigenvalue weighted by Crippen LogP contribution is -2.30. The van der Waals surface area contributed by atoms with Gasteiger partial charge >= 0.3 is 0 Å². The second-order valence-electron chi connectivity index (χ2n) is 4.14. The zero-order valence-corrected chi connectivity index (χ0v) is 10.5. The highest BCUT2D eigenvalue weighted by molar-refractivity contribution is 5.91. The van der Waals surface area contributed by atoms with Crippen LogP contribution in [0.2, 0.25) is 0 Å². The Morgan fingerprint density at radius 1 is 1.33 bits per heavy atom. The van der Waals surface area contributed by atoms with Gasteiger partial charge in [-0.05, 0) is 25.1 Å². The van der Waals surface area contributed by atoms with Crippen molar-refractivity contribution in [3.05, 3.63) is 18.2 Å². The minimum atomic E-state index is 0.000118. The third-order valence-corrected chi connectivity index (χ3v) is 2.80. The smallest absolute Gasteiger partial charge is 0.223 e. The summed E-state index contributed by atoms with van der Waals surface area (Å²) in [6, 6.07) is 5.54. The van der Waals surface area contributed by atoms with E-state index in [9.17, 15) is 4.79 Å². The van der Waals surface area contributed by atoms with Gasteiger partial charge in [-0.15, -0.1) is 0 Å². The van der Waals surface area contributed by atoms with E-state index in [0.29, 0.717) is 32.1 Å². The number of amides is 1. The SMILES string of the molecule is CC(=O)N(CCCN)c1ccc2c(c1)OCCO2. The average molecular weight is 250 g/mol. The summed E-state index contributed by atoms with van der Waals surface area (Å²) in [5, 5.41) is 0. The van der Waals surface area contributed by atoms with E-state index < -0.39 is 0 Å². The zero-order chi connectivity index (χ0) is 13.0. The van der Waals surface area contributed by atoms with Gasteiger partial charge in [0.15, 0.2) is 11.5 Å². The number of carbonyl (C=O) groups is 1. The summed E-state index contributed by atoms with van der Waals surface area (Å²) < 4.78 is 11.0. The number of nitrogens with zero attached hydrogens (tertiary/aromatic N) is 1. The van der Waals surface area contributed by atoms with E-state index in [1.165, 1.54) is 0 Å². The molecule has 0 saturated carbocycles. The maximum atomic E-state index is 11.6. The molecule has 1 amide bonds. The van der Waals surface area contributed by atoms with Crippen LogP contribution in [-0.4, -0.2) is 32.2 Å². The predicted octanol–water partition coefficient (Wildman–Crippen LogP) is 1.16. The van der Waals surface area contributed by atoms with Crippen LogP contribution in [0.15, 0.2) is 18.2 Å². The number of hydrogen-bond acceptors (Lipinski definition) is 4. The molecule has 0 aromatic heterocycles. The summed E-state index contributed by atoms with van der Waals surface area (Å²) in [4.78, 5) is 13.3. The Morgan fingerprint density at radius 2 is 2.06 bits per heavy atom. The molecule has 0 bridgehead atoms. The second-order valence-corrected chi connectivity index (χ2v) is 4.14. The maximum absolute atomic E-state index is 11.6. The maximum Gasteiger partial charge on any atom is 0.223 e. The van der Waals surface area contributed by atoms with Gasteiger partial charge in [0.25, 0.3) is 0 Å². The minimum Gasteiger partial charge on any atom is -0.486 e. The van der Waals surface area contributed by atoms with Gasteiger partial charge in [0.1, 0.15) is 13.2 Å². The quantitative estimate of drug-likeness (QED) is 0.871. The highest BCUT2D eigenvalue weighted by Gasteiger charge is 2.16. The number of anilines is 1. The molecule has 0 atom stereocenters. The molecule has 0 saturated heterocycles. The van der Waals surface area contributed by atoms with Crippen molar-refractivity contribution in [3.8, 4) is 11.5 Å². The van der Waals surface area contributed by atoms with E-state index in [-0.39, 0.29) is 5.91 Å². The van der Waals surface area contributed by atoms with Gasteiger partial charge in [0.2, 0.25) is 5.91 Å². The van der Waals surface area contributed by atoms with Gasteiger partial charge in [0.05, 0.1) is 0 Å². The summed E-state index contributed by atoms with van der Waals surface area (Å²) in [6.07, 6.45) is 0.772. The van der Waals surface area contributed by atoms with Gasteiger partial charge in [-0.3, -0.25) is 4.79 Å². The van der Waals surface area contributed by atoms with Gasteiger partial charge < -0.3 is 20.1 Å². The van der Waals surface area contributed by atoms with E-state index >= 15 is 0 Å². The monoisotopic (exact) mass is 250 g/mol. The molecule has 2 rings (SSSR count). The lowest BCUT2D eigenvalue weighted by Gasteiger charge is -2.24. The van der Waals surface area contributed by atoms with Crippen molar-refractivity contribution < 1.29 is 14.3 Å². The molecule has 1 aromatic rings. The second kappa shape index (κ2) is 5.73. The number of nitrogens with two attached hydrogens (primary N) is 1. The number of fused-ring (bicyclic) bond motifs is 1.